The van der Waals surface area contributed by atoms with Crippen LogP contribution in [0.15, 0.2) is 23.6 Å². The maximum atomic E-state index is 12.1. The second-order valence-electron chi connectivity index (χ2n) is 4.61. The zero-order valence-corrected chi connectivity index (χ0v) is 15.5. The number of benzene rings is 1. The summed E-state index contributed by atoms with van der Waals surface area (Å²) < 4.78 is 10.4. The van der Waals surface area contributed by atoms with Gasteiger partial charge in [-0.1, -0.05) is 11.6 Å². The van der Waals surface area contributed by atoms with Crippen molar-refractivity contribution in [2.24, 2.45) is 5.73 Å². The van der Waals surface area contributed by atoms with Gasteiger partial charge in [-0.3, -0.25) is 4.79 Å². The quantitative estimate of drug-likeness (QED) is 0.675. The summed E-state index contributed by atoms with van der Waals surface area (Å²) >= 11 is 7.56. The number of hydrogen-bond donors (Lipinski definition) is 2. The van der Waals surface area contributed by atoms with Gasteiger partial charge in [-0.15, -0.1) is 23.7 Å². The molecule has 0 saturated heterocycles. The molecule has 24 heavy (non-hydrogen) atoms. The summed E-state index contributed by atoms with van der Waals surface area (Å²) in [6, 6.07) is 5.06. The maximum absolute atomic E-state index is 12.1. The Bertz CT molecular complexity index is 667. The number of nitrogens with zero attached hydrogens (tertiary/aromatic N) is 1. The molecule has 0 aliphatic heterocycles. The van der Waals surface area contributed by atoms with Crippen molar-refractivity contribution in [3.8, 4) is 5.75 Å². The predicted molar refractivity (Wildman–Crippen MR) is 98.9 cm³/mol. The number of carbonyl (C=O) groups excluding carboxylic acids is 1. The van der Waals surface area contributed by atoms with Gasteiger partial charge in [-0.2, -0.15) is 0 Å². The zero-order valence-electron chi connectivity index (χ0n) is 13.1. The van der Waals surface area contributed by atoms with E-state index in [0.29, 0.717) is 48.3 Å². The molecular weight excluding hydrogens is 373 g/mol. The van der Waals surface area contributed by atoms with Crippen molar-refractivity contribution in [3.05, 3.63) is 39.3 Å². The van der Waals surface area contributed by atoms with E-state index in [0.717, 1.165) is 5.01 Å². The third kappa shape index (κ3) is 5.92. The lowest BCUT2D eigenvalue weighted by atomic mass is 10.3. The molecule has 0 aliphatic rings. The van der Waals surface area contributed by atoms with Crippen LogP contribution in [0.3, 0.4) is 0 Å². The molecule has 1 aromatic carbocycles. The molecule has 0 aliphatic carbocycles. The number of halogens is 2. The number of carbonyl (C=O) groups is 1. The summed E-state index contributed by atoms with van der Waals surface area (Å²) in [4.78, 5) is 16.4. The first-order chi connectivity index (χ1) is 11.1. The van der Waals surface area contributed by atoms with Crippen molar-refractivity contribution in [1.82, 2.24) is 4.98 Å². The predicted octanol–water partition coefficient (Wildman–Crippen LogP) is 3.00. The molecular formula is C15H19Cl2N3O3S. The van der Waals surface area contributed by atoms with Crippen molar-refractivity contribution in [2.45, 2.75) is 6.42 Å². The number of methoxy groups -OCH3 is 1. The zero-order chi connectivity index (χ0) is 16.7. The molecule has 0 fully saturated rings. The van der Waals surface area contributed by atoms with Crippen molar-refractivity contribution in [1.29, 1.82) is 0 Å². The van der Waals surface area contributed by atoms with Crippen LogP contribution in [-0.4, -0.2) is 37.8 Å². The number of ether oxygens (including phenoxy) is 2. The second kappa shape index (κ2) is 10.5. The molecule has 1 amide bonds. The summed E-state index contributed by atoms with van der Waals surface area (Å²) in [6.45, 7) is 1.39. The largest absolute Gasteiger partial charge is 0.490 e. The van der Waals surface area contributed by atoms with E-state index in [9.17, 15) is 4.79 Å². The average molecular weight is 392 g/mol. The Labute approximate surface area is 155 Å². The van der Waals surface area contributed by atoms with Crippen LogP contribution in [0.5, 0.6) is 5.75 Å². The highest BCUT2D eigenvalue weighted by molar-refractivity contribution is 7.09. The molecule has 1 aromatic heterocycles. The topological polar surface area (TPSA) is 86.5 Å². The third-order valence-electron chi connectivity index (χ3n) is 2.88. The molecule has 0 spiro atoms. The molecule has 0 unspecified atom stereocenters. The Balaban J connectivity index is 0.00000288. The van der Waals surface area contributed by atoms with Crippen LogP contribution in [0.2, 0.25) is 5.02 Å². The van der Waals surface area contributed by atoms with Gasteiger partial charge >= 0.3 is 0 Å². The molecule has 0 saturated carbocycles. The molecule has 0 radical (unpaired) electrons. The van der Waals surface area contributed by atoms with E-state index in [2.05, 4.69) is 10.3 Å². The van der Waals surface area contributed by atoms with Gasteiger partial charge in [-0.05, 0) is 24.7 Å². The van der Waals surface area contributed by atoms with Crippen LogP contribution in [0.25, 0.3) is 0 Å². The summed E-state index contributed by atoms with van der Waals surface area (Å²) in [5.41, 5.74) is 6.42. The molecule has 1 heterocycles. The summed E-state index contributed by atoms with van der Waals surface area (Å²) in [5, 5.41) is 5.73. The van der Waals surface area contributed by atoms with Crippen LogP contribution >= 0.6 is 35.3 Å². The van der Waals surface area contributed by atoms with Crippen molar-refractivity contribution in [3.63, 3.8) is 0 Å². The molecule has 2 aromatic rings. The number of hydrogen-bond acceptors (Lipinski definition) is 6. The minimum atomic E-state index is -0.284. The first-order valence-electron chi connectivity index (χ1n) is 7.01. The fourth-order valence-corrected chi connectivity index (χ4v) is 2.81. The van der Waals surface area contributed by atoms with E-state index in [-0.39, 0.29) is 18.3 Å². The van der Waals surface area contributed by atoms with Crippen LogP contribution in [0, 0.1) is 0 Å². The van der Waals surface area contributed by atoms with Crippen LogP contribution in [0.4, 0.5) is 5.69 Å². The van der Waals surface area contributed by atoms with Gasteiger partial charge in [0.2, 0.25) is 0 Å². The van der Waals surface area contributed by atoms with Crippen LogP contribution in [0.1, 0.15) is 15.5 Å². The van der Waals surface area contributed by atoms with Crippen LogP contribution < -0.4 is 15.8 Å². The summed E-state index contributed by atoms with van der Waals surface area (Å²) in [7, 11) is 1.60. The molecule has 3 N–H and O–H groups in total. The van der Waals surface area contributed by atoms with E-state index in [1.54, 1.807) is 30.7 Å². The normalized spacial score (nSPS) is 10.1. The number of amides is 1. The van der Waals surface area contributed by atoms with Crippen LogP contribution in [-0.2, 0) is 11.2 Å². The van der Waals surface area contributed by atoms with Crippen molar-refractivity contribution < 1.29 is 14.3 Å². The monoisotopic (exact) mass is 391 g/mol. The summed E-state index contributed by atoms with van der Waals surface area (Å²) in [6.07, 6.45) is 0.664. The number of nitrogens with two attached hydrogens (primary N) is 1. The first-order valence-corrected chi connectivity index (χ1v) is 8.27. The molecule has 132 valence electrons. The van der Waals surface area contributed by atoms with Crippen molar-refractivity contribution >= 4 is 46.9 Å². The number of nitrogens with one attached hydrogen (secondary N) is 1. The van der Waals surface area contributed by atoms with E-state index in [4.69, 9.17) is 26.8 Å². The Morgan fingerprint density at radius 3 is 2.88 bits per heavy atom. The maximum Gasteiger partial charge on any atom is 0.275 e. The Morgan fingerprint density at radius 2 is 2.21 bits per heavy atom. The molecule has 0 atom stereocenters. The Hall–Kier alpha value is -1.38. The van der Waals surface area contributed by atoms with Crippen molar-refractivity contribution in [2.75, 3.05) is 32.2 Å². The molecule has 2 rings (SSSR count). The smallest absolute Gasteiger partial charge is 0.275 e. The van der Waals surface area contributed by atoms with Gasteiger partial charge in [0, 0.05) is 24.6 Å². The Morgan fingerprint density at radius 1 is 1.42 bits per heavy atom. The fraction of sp³-hybridized carbons (Fsp3) is 0.333. The lowest BCUT2D eigenvalue weighted by molar-refractivity contribution is 0.102. The fourth-order valence-electron chi connectivity index (χ4n) is 1.78. The highest BCUT2D eigenvalue weighted by Gasteiger charge is 2.12. The highest BCUT2D eigenvalue weighted by Crippen LogP contribution is 2.28. The summed E-state index contributed by atoms with van der Waals surface area (Å²) in [5.74, 6) is 0.259. The molecule has 9 heteroatoms. The average Bonchev–Trinajstić information content (AvgIpc) is 2.99. The van der Waals surface area contributed by atoms with Gasteiger partial charge in [0.25, 0.3) is 5.91 Å². The van der Waals surface area contributed by atoms with E-state index in [1.165, 1.54) is 11.3 Å². The number of thiazole rings is 1. The Kier molecular flexibility index (Phi) is 9.02. The first kappa shape index (κ1) is 20.7. The minimum absolute atomic E-state index is 0. The highest BCUT2D eigenvalue weighted by atomic mass is 35.5. The lowest BCUT2D eigenvalue weighted by Crippen LogP contribution is -2.13. The lowest BCUT2D eigenvalue weighted by Gasteiger charge is -2.09. The standard InChI is InChI=1S/C15H18ClN3O3S.ClH/c1-21-6-7-22-13-3-2-10(8-11(13)16)18-15(20)12-9-23-14(19-12)4-5-17;/h2-3,8-9H,4-7,17H2,1H3,(H,18,20);1H. The SMILES string of the molecule is COCCOc1ccc(NC(=O)c2csc(CCN)n2)cc1Cl.Cl. The molecule has 6 nitrogen and oxygen atoms in total. The van der Waals surface area contributed by atoms with E-state index >= 15 is 0 Å². The van der Waals surface area contributed by atoms with Gasteiger partial charge in [0.05, 0.1) is 16.6 Å². The van der Waals surface area contributed by atoms with Gasteiger partial charge in [0.1, 0.15) is 18.1 Å². The van der Waals surface area contributed by atoms with E-state index in [1.807, 2.05) is 0 Å². The third-order valence-corrected chi connectivity index (χ3v) is 4.08. The number of anilines is 1. The van der Waals surface area contributed by atoms with Gasteiger partial charge in [0.15, 0.2) is 0 Å². The van der Waals surface area contributed by atoms with Gasteiger partial charge < -0.3 is 20.5 Å². The van der Waals surface area contributed by atoms with E-state index < -0.39 is 0 Å². The van der Waals surface area contributed by atoms with Gasteiger partial charge in [-0.25, -0.2) is 4.98 Å². The number of aromatic nitrogens is 1. The molecule has 0 bridgehead atoms. The minimum Gasteiger partial charge on any atom is -0.490 e. The second-order valence-corrected chi connectivity index (χ2v) is 5.96. The number of rotatable bonds is 8.